The fourth-order valence-electron chi connectivity index (χ4n) is 7.59. The third-order valence-electron chi connectivity index (χ3n) is 11.0. The number of amides is 2. The van der Waals surface area contributed by atoms with Crippen molar-refractivity contribution in [2.24, 2.45) is 11.8 Å². The summed E-state index contributed by atoms with van der Waals surface area (Å²) in [6, 6.07) is 0.595. The second kappa shape index (κ2) is 19.1. The van der Waals surface area contributed by atoms with Gasteiger partial charge in [-0.15, -0.1) is 0 Å². The molecule has 3 fully saturated rings. The van der Waals surface area contributed by atoms with Crippen LogP contribution in [0.5, 0.6) is 0 Å². The number of nitrogens with zero attached hydrogens (tertiary/aromatic N) is 3. The molecule has 49 heavy (non-hydrogen) atoms. The van der Waals surface area contributed by atoms with E-state index in [1.807, 2.05) is 37.0 Å². The molecule has 276 valence electrons. The fourth-order valence-corrected chi connectivity index (χ4v) is 7.59. The first kappa shape index (κ1) is 39.1. The maximum atomic E-state index is 13.4. The quantitative estimate of drug-likeness (QED) is 0.143. The van der Waals surface area contributed by atoms with E-state index in [9.17, 15) is 24.6 Å². The first-order chi connectivity index (χ1) is 23.4. The Morgan fingerprint density at radius 1 is 1.00 bits per heavy atom. The summed E-state index contributed by atoms with van der Waals surface area (Å²) in [7, 11) is 0. The number of esters is 1. The molecule has 10 nitrogen and oxygen atoms in total. The fraction of sp³-hybridized carbons (Fsp3) is 0.769. The second-order valence-electron chi connectivity index (χ2n) is 15.3. The lowest BCUT2D eigenvalue weighted by atomic mass is 9.88. The number of allylic oxidation sites excluding steroid dienone is 3. The molecule has 2 N–H and O–H groups in total. The molecule has 0 aromatic carbocycles. The first-order valence-corrected chi connectivity index (χ1v) is 19.0. The monoisotopic (exact) mass is 685 g/mol. The number of carbonyl (C=O) groups is 3. The average molecular weight is 686 g/mol. The summed E-state index contributed by atoms with van der Waals surface area (Å²) in [5, 5.41) is 22.2. The highest BCUT2D eigenvalue weighted by Gasteiger charge is 2.37. The van der Waals surface area contributed by atoms with E-state index in [1.165, 1.54) is 38.5 Å². The van der Waals surface area contributed by atoms with Gasteiger partial charge in [0.15, 0.2) is 6.10 Å². The molecule has 0 aromatic rings. The molecule has 0 spiro atoms. The molecular weight excluding hydrogens is 622 g/mol. The Morgan fingerprint density at radius 3 is 2.35 bits per heavy atom. The molecule has 1 saturated carbocycles. The number of hydrogen-bond donors (Lipinski definition) is 2. The van der Waals surface area contributed by atoms with Crippen molar-refractivity contribution in [1.29, 1.82) is 0 Å². The summed E-state index contributed by atoms with van der Waals surface area (Å²) in [5.74, 6) is -0.377. The zero-order valence-electron chi connectivity index (χ0n) is 30.6. The lowest BCUT2D eigenvalue weighted by Gasteiger charge is -2.40. The first-order valence-electron chi connectivity index (χ1n) is 19.0. The Kier molecular flexibility index (Phi) is 15.2. The van der Waals surface area contributed by atoms with E-state index >= 15 is 0 Å². The lowest BCUT2D eigenvalue weighted by Crippen LogP contribution is -2.53. The van der Waals surface area contributed by atoms with Gasteiger partial charge in [0.05, 0.1) is 12.5 Å². The third kappa shape index (κ3) is 12.2. The Balaban J connectivity index is 1.40. The number of piperazine rings is 1. The lowest BCUT2D eigenvalue weighted by molar-refractivity contribution is -0.151. The smallest absolute Gasteiger partial charge is 0.410 e. The van der Waals surface area contributed by atoms with Gasteiger partial charge in [-0.3, -0.25) is 14.5 Å². The third-order valence-corrected chi connectivity index (χ3v) is 11.0. The topological polar surface area (TPSA) is 120 Å². The molecule has 3 aliphatic heterocycles. The van der Waals surface area contributed by atoms with E-state index in [-0.39, 0.29) is 37.0 Å². The SMILES string of the molecule is C/C(=C\C=C\[C@@H](C)CCC(=O)N1CCCC1)[C@H]1OC(=O)C[C@@H](O)CC[C@](C)(O)[C@H](OC(=O)N2CCN(C3CCCCCC3)CC2)/C=C/[C@@H]1C. The van der Waals surface area contributed by atoms with Gasteiger partial charge < -0.3 is 29.5 Å². The maximum Gasteiger partial charge on any atom is 0.410 e. The van der Waals surface area contributed by atoms with Crippen molar-refractivity contribution in [3.63, 3.8) is 0 Å². The Hall–Kier alpha value is -2.69. The van der Waals surface area contributed by atoms with Crippen molar-refractivity contribution >= 4 is 18.0 Å². The zero-order chi connectivity index (χ0) is 35.4. The number of ether oxygens (including phenoxy) is 2. The molecule has 2 saturated heterocycles. The molecule has 6 atom stereocenters. The second-order valence-corrected chi connectivity index (χ2v) is 15.3. The van der Waals surface area contributed by atoms with Crippen LogP contribution in [0.3, 0.4) is 0 Å². The van der Waals surface area contributed by atoms with Crippen LogP contribution in [-0.2, 0) is 19.1 Å². The molecule has 0 unspecified atom stereocenters. The molecule has 10 heteroatoms. The Bertz CT molecular complexity index is 1160. The van der Waals surface area contributed by atoms with Gasteiger partial charge in [-0.2, -0.15) is 0 Å². The minimum atomic E-state index is -1.45. The number of likely N-dealkylation sites (tertiary alicyclic amines) is 1. The van der Waals surface area contributed by atoms with Crippen LogP contribution in [0.4, 0.5) is 4.79 Å². The summed E-state index contributed by atoms with van der Waals surface area (Å²) in [6.45, 7) is 12.1. The predicted molar refractivity (Wildman–Crippen MR) is 191 cm³/mol. The van der Waals surface area contributed by atoms with Crippen molar-refractivity contribution in [1.82, 2.24) is 14.7 Å². The van der Waals surface area contributed by atoms with E-state index in [0.717, 1.165) is 51.0 Å². The van der Waals surface area contributed by atoms with Crippen LogP contribution >= 0.6 is 0 Å². The molecular formula is C39H63N3O7. The Morgan fingerprint density at radius 2 is 1.67 bits per heavy atom. The highest BCUT2D eigenvalue weighted by molar-refractivity contribution is 5.76. The van der Waals surface area contributed by atoms with Gasteiger partial charge in [0.1, 0.15) is 11.7 Å². The van der Waals surface area contributed by atoms with Crippen LogP contribution in [0, 0.1) is 11.8 Å². The van der Waals surface area contributed by atoms with Crippen LogP contribution < -0.4 is 0 Å². The van der Waals surface area contributed by atoms with Gasteiger partial charge in [0.25, 0.3) is 0 Å². The van der Waals surface area contributed by atoms with E-state index in [1.54, 1.807) is 17.9 Å². The number of rotatable bonds is 8. The summed E-state index contributed by atoms with van der Waals surface area (Å²) in [6.07, 6.45) is 17.7. The Labute approximate surface area is 294 Å². The van der Waals surface area contributed by atoms with E-state index in [4.69, 9.17) is 9.47 Å². The average Bonchev–Trinajstić information content (AvgIpc) is 3.49. The van der Waals surface area contributed by atoms with Crippen molar-refractivity contribution in [2.45, 2.75) is 141 Å². The van der Waals surface area contributed by atoms with E-state index < -0.39 is 36.0 Å². The standard InChI is InChI=1S/C39H63N3O7/c1-29(16-19-35(44)41-22-9-10-23-41)12-11-13-30(2)37-31(3)17-18-34(39(4,47)21-20-33(43)28-36(45)49-37)48-38(46)42-26-24-40(25-27-42)32-14-7-5-6-8-15-32/h11-13,17-18,29,31-34,37,43,47H,5-10,14-16,19-28H2,1-4H3/b12-11+,18-17+,30-13+/t29-,31+,33+,34-,37-,39+/m1/s1. The molecule has 0 radical (unpaired) electrons. The molecule has 0 bridgehead atoms. The summed E-state index contributed by atoms with van der Waals surface area (Å²) in [4.78, 5) is 45.0. The summed E-state index contributed by atoms with van der Waals surface area (Å²) >= 11 is 0. The highest BCUT2D eigenvalue weighted by atomic mass is 16.6. The predicted octanol–water partition coefficient (Wildman–Crippen LogP) is 5.77. The molecule has 4 aliphatic rings. The number of aliphatic hydroxyl groups is 2. The van der Waals surface area contributed by atoms with Crippen molar-refractivity contribution < 1.29 is 34.1 Å². The summed E-state index contributed by atoms with van der Waals surface area (Å²) < 4.78 is 11.9. The number of hydrogen-bond acceptors (Lipinski definition) is 8. The summed E-state index contributed by atoms with van der Waals surface area (Å²) in [5.41, 5.74) is -0.631. The highest BCUT2D eigenvalue weighted by Crippen LogP contribution is 2.28. The van der Waals surface area contributed by atoms with Crippen LogP contribution in [0.15, 0.2) is 36.0 Å². The van der Waals surface area contributed by atoms with E-state index in [0.29, 0.717) is 25.6 Å². The molecule has 0 aromatic heterocycles. The molecule has 1 aliphatic carbocycles. The van der Waals surface area contributed by atoms with Crippen LogP contribution in [0.1, 0.15) is 111 Å². The van der Waals surface area contributed by atoms with E-state index in [2.05, 4.69) is 17.9 Å². The van der Waals surface area contributed by atoms with Gasteiger partial charge >= 0.3 is 12.1 Å². The number of aliphatic hydroxyl groups excluding tert-OH is 1. The van der Waals surface area contributed by atoms with Crippen LogP contribution in [-0.4, -0.2) is 112 Å². The van der Waals surface area contributed by atoms with Gasteiger partial charge in [-0.25, -0.2) is 4.79 Å². The van der Waals surface area contributed by atoms with Gasteiger partial charge in [0.2, 0.25) is 5.91 Å². The van der Waals surface area contributed by atoms with Crippen molar-refractivity contribution in [3.8, 4) is 0 Å². The normalized spacial score (nSPS) is 31.8. The van der Waals surface area contributed by atoms with Gasteiger partial charge in [-0.1, -0.05) is 63.8 Å². The van der Waals surface area contributed by atoms with Crippen molar-refractivity contribution in [2.75, 3.05) is 39.3 Å². The molecule has 2 amide bonds. The van der Waals surface area contributed by atoms with Gasteiger partial charge in [-0.05, 0) is 76.4 Å². The minimum absolute atomic E-state index is 0.141. The largest absolute Gasteiger partial charge is 0.457 e. The van der Waals surface area contributed by atoms with Gasteiger partial charge in [0, 0.05) is 57.6 Å². The number of cyclic esters (lactones) is 1. The maximum absolute atomic E-state index is 13.4. The molecule has 4 rings (SSSR count). The van der Waals surface area contributed by atoms with Crippen molar-refractivity contribution in [3.05, 3.63) is 36.0 Å². The zero-order valence-corrected chi connectivity index (χ0v) is 30.6. The number of carbonyl (C=O) groups excluding carboxylic acids is 3. The molecule has 3 heterocycles. The van der Waals surface area contributed by atoms with Crippen LogP contribution in [0.25, 0.3) is 0 Å². The van der Waals surface area contributed by atoms with Crippen LogP contribution in [0.2, 0.25) is 0 Å². The minimum Gasteiger partial charge on any atom is -0.457 e.